The van der Waals surface area contributed by atoms with Gasteiger partial charge in [-0.3, -0.25) is 4.79 Å². The van der Waals surface area contributed by atoms with E-state index in [1.54, 1.807) is 0 Å². The van der Waals surface area contributed by atoms with Crippen LogP contribution in [0, 0.1) is 45.8 Å². The Morgan fingerprint density at radius 1 is 1.33 bits per heavy atom. The number of carbonyl (C=O) groups excluding carboxylic acids is 1. The summed E-state index contributed by atoms with van der Waals surface area (Å²) in [5.74, 6) is 7.06. The minimum Gasteiger partial charge on any atom is -0.299 e. The van der Waals surface area contributed by atoms with Crippen molar-refractivity contribution >= 4 is 5.78 Å². The summed E-state index contributed by atoms with van der Waals surface area (Å²) >= 11 is 0. The quantitative estimate of drug-likeness (QED) is 0.497. The van der Waals surface area contributed by atoms with E-state index < -0.39 is 0 Å². The highest BCUT2D eigenvalue weighted by molar-refractivity contribution is 5.82. The van der Waals surface area contributed by atoms with Gasteiger partial charge < -0.3 is 0 Å². The third kappa shape index (κ3) is 2.04. The molecule has 4 atom stereocenters. The average Bonchev–Trinajstić information content (AvgIpc) is 2.50. The van der Waals surface area contributed by atoms with Gasteiger partial charge in [-0.2, -0.15) is 5.26 Å². The predicted molar refractivity (Wildman–Crippen MR) is 82.0 cm³/mol. The molecule has 2 heteroatoms. The summed E-state index contributed by atoms with van der Waals surface area (Å²) in [4.78, 5) is 12.1. The van der Waals surface area contributed by atoms with Crippen LogP contribution in [-0.4, -0.2) is 5.78 Å². The van der Waals surface area contributed by atoms with Gasteiger partial charge in [-0.15, -0.1) is 0 Å². The van der Waals surface area contributed by atoms with Crippen LogP contribution in [0.4, 0.5) is 0 Å². The topological polar surface area (TPSA) is 40.9 Å². The van der Waals surface area contributed by atoms with Gasteiger partial charge in [-0.05, 0) is 55.4 Å². The molecule has 0 aromatic rings. The van der Waals surface area contributed by atoms with E-state index in [1.807, 2.05) is 6.07 Å². The lowest BCUT2D eigenvalue weighted by Crippen LogP contribution is -2.50. The molecule has 0 saturated heterocycles. The highest BCUT2D eigenvalue weighted by Crippen LogP contribution is 2.62. The first-order valence-corrected chi connectivity index (χ1v) is 8.19. The van der Waals surface area contributed by atoms with Crippen molar-refractivity contribution in [2.45, 2.75) is 58.8 Å². The lowest BCUT2D eigenvalue weighted by atomic mass is 9.47. The zero-order valence-electron chi connectivity index (χ0n) is 13.0. The Kier molecular flexibility index (Phi) is 3.45. The molecule has 0 spiro atoms. The molecule has 21 heavy (non-hydrogen) atoms. The molecule has 2 unspecified atom stereocenters. The van der Waals surface area contributed by atoms with Crippen molar-refractivity contribution in [1.29, 1.82) is 5.26 Å². The number of allylic oxidation sites excluding steroid dienone is 2. The summed E-state index contributed by atoms with van der Waals surface area (Å²) in [5, 5.41) is 8.87. The van der Waals surface area contributed by atoms with E-state index in [2.05, 4.69) is 31.8 Å². The SMILES string of the molecule is CC1C(=O)CCC2(C)C3=CCCC[C@]3(C#CC#N)CC[C@@H]12. The van der Waals surface area contributed by atoms with Crippen molar-refractivity contribution in [3.8, 4) is 17.9 Å². The molecular formula is C19H23NO. The number of carbonyl (C=O) groups is 1. The normalized spacial score (nSPS) is 41.8. The van der Waals surface area contributed by atoms with Crippen LogP contribution in [-0.2, 0) is 4.79 Å². The molecule has 0 aromatic carbocycles. The van der Waals surface area contributed by atoms with Gasteiger partial charge in [0.05, 0.1) is 5.41 Å². The predicted octanol–water partition coefficient (Wildman–Crippen LogP) is 4.03. The van der Waals surface area contributed by atoms with Gasteiger partial charge in [0.1, 0.15) is 5.78 Å². The minimum absolute atomic E-state index is 0.0840. The molecule has 0 amide bonds. The van der Waals surface area contributed by atoms with Crippen LogP contribution in [0.2, 0.25) is 0 Å². The average molecular weight is 281 g/mol. The van der Waals surface area contributed by atoms with Gasteiger partial charge in [0.2, 0.25) is 0 Å². The summed E-state index contributed by atoms with van der Waals surface area (Å²) in [5.41, 5.74) is 1.48. The first-order chi connectivity index (χ1) is 10.0. The first-order valence-electron chi connectivity index (χ1n) is 8.19. The maximum Gasteiger partial charge on any atom is 0.152 e. The molecule has 110 valence electrons. The summed E-state index contributed by atoms with van der Waals surface area (Å²) in [6, 6.07) is 2.00. The highest BCUT2D eigenvalue weighted by Gasteiger charge is 2.55. The molecular weight excluding hydrogens is 258 g/mol. The highest BCUT2D eigenvalue weighted by atomic mass is 16.1. The Balaban J connectivity index is 2.06. The third-order valence-corrected chi connectivity index (χ3v) is 6.35. The number of hydrogen-bond acceptors (Lipinski definition) is 2. The smallest absolute Gasteiger partial charge is 0.152 e. The molecule has 0 aromatic heterocycles. The van der Waals surface area contributed by atoms with Crippen LogP contribution in [0.15, 0.2) is 11.6 Å². The Hall–Kier alpha value is -1.54. The van der Waals surface area contributed by atoms with Gasteiger partial charge >= 0.3 is 0 Å². The second kappa shape index (κ2) is 5.03. The molecule has 3 rings (SSSR count). The van der Waals surface area contributed by atoms with Crippen molar-refractivity contribution in [3.05, 3.63) is 11.6 Å². The van der Waals surface area contributed by atoms with Crippen molar-refractivity contribution in [1.82, 2.24) is 0 Å². The fourth-order valence-corrected chi connectivity index (χ4v) is 5.24. The number of fused-ring (bicyclic) bond motifs is 3. The van der Waals surface area contributed by atoms with Gasteiger partial charge in [-0.25, -0.2) is 0 Å². The summed E-state index contributed by atoms with van der Waals surface area (Å²) in [6.45, 7) is 4.46. The van der Waals surface area contributed by atoms with E-state index in [0.29, 0.717) is 18.1 Å². The van der Waals surface area contributed by atoms with Gasteiger partial charge in [-0.1, -0.05) is 25.8 Å². The van der Waals surface area contributed by atoms with Crippen molar-refractivity contribution in [2.24, 2.45) is 22.7 Å². The van der Waals surface area contributed by atoms with E-state index in [1.165, 1.54) is 12.0 Å². The minimum atomic E-state index is -0.0840. The van der Waals surface area contributed by atoms with Crippen LogP contribution in [0.1, 0.15) is 58.8 Å². The van der Waals surface area contributed by atoms with E-state index in [0.717, 1.165) is 32.1 Å². The van der Waals surface area contributed by atoms with Gasteiger partial charge in [0.25, 0.3) is 0 Å². The Bertz CT molecular complexity index is 599. The molecule has 0 bridgehead atoms. The number of nitrogens with zero attached hydrogens (tertiary/aromatic N) is 1. The molecule has 3 aliphatic rings. The van der Waals surface area contributed by atoms with Crippen molar-refractivity contribution in [3.63, 3.8) is 0 Å². The summed E-state index contributed by atoms with van der Waals surface area (Å²) in [6.07, 6.45) is 9.51. The maximum absolute atomic E-state index is 12.1. The lowest BCUT2D eigenvalue weighted by molar-refractivity contribution is -0.131. The fourth-order valence-electron chi connectivity index (χ4n) is 5.24. The van der Waals surface area contributed by atoms with Crippen molar-refractivity contribution in [2.75, 3.05) is 0 Å². The number of nitriles is 1. The van der Waals surface area contributed by atoms with E-state index >= 15 is 0 Å². The van der Waals surface area contributed by atoms with Gasteiger partial charge in [0, 0.05) is 18.3 Å². The van der Waals surface area contributed by atoms with Crippen LogP contribution in [0.25, 0.3) is 0 Å². The molecule has 2 nitrogen and oxygen atoms in total. The van der Waals surface area contributed by atoms with E-state index in [9.17, 15) is 4.79 Å². The van der Waals surface area contributed by atoms with Crippen LogP contribution in [0.3, 0.4) is 0 Å². The second-order valence-electron chi connectivity index (χ2n) is 7.27. The lowest BCUT2D eigenvalue weighted by Gasteiger charge is -2.56. The van der Waals surface area contributed by atoms with E-state index in [4.69, 9.17) is 5.26 Å². The zero-order valence-corrected chi connectivity index (χ0v) is 13.0. The largest absolute Gasteiger partial charge is 0.299 e. The Morgan fingerprint density at radius 3 is 2.90 bits per heavy atom. The van der Waals surface area contributed by atoms with Crippen LogP contribution < -0.4 is 0 Å². The maximum atomic E-state index is 12.1. The number of rotatable bonds is 0. The van der Waals surface area contributed by atoms with Crippen molar-refractivity contribution < 1.29 is 4.79 Å². The standard InChI is InChI=1S/C19H23NO/c1-14-15-7-12-19(10-5-13-20)9-4-3-6-17(19)18(15,2)11-8-16(14)21/h6,14-15H,3-4,7-9,11-12H2,1-2H3/t14?,15-,18?,19-/m0/s1. The van der Waals surface area contributed by atoms with Gasteiger partial charge in [0.15, 0.2) is 6.07 Å². The molecule has 0 heterocycles. The fraction of sp³-hybridized carbons (Fsp3) is 0.684. The zero-order chi connectivity index (χ0) is 15.1. The number of hydrogen-bond donors (Lipinski definition) is 0. The molecule has 0 aliphatic heterocycles. The molecule has 2 saturated carbocycles. The third-order valence-electron chi connectivity index (χ3n) is 6.35. The summed E-state index contributed by atoms with van der Waals surface area (Å²) < 4.78 is 0. The van der Waals surface area contributed by atoms with E-state index in [-0.39, 0.29) is 16.7 Å². The Labute approximate surface area is 127 Å². The van der Waals surface area contributed by atoms with Crippen LogP contribution >= 0.6 is 0 Å². The monoisotopic (exact) mass is 281 g/mol. The first kappa shape index (κ1) is 14.4. The summed E-state index contributed by atoms with van der Waals surface area (Å²) in [7, 11) is 0. The molecule has 2 fully saturated rings. The molecule has 0 N–H and O–H groups in total. The second-order valence-corrected chi connectivity index (χ2v) is 7.27. The molecule has 3 aliphatic carbocycles. The number of ketones is 1. The molecule has 0 radical (unpaired) electrons. The Morgan fingerprint density at radius 2 is 2.14 bits per heavy atom. The number of Topliss-reactive ketones (excluding diaryl/α,β-unsaturated/α-hetero) is 1. The van der Waals surface area contributed by atoms with Crippen LogP contribution in [0.5, 0.6) is 0 Å².